The third kappa shape index (κ3) is 4.92. The third-order valence-corrected chi connectivity index (χ3v) is 4.19. The Balaban J connectivity index is 1.83. The molecule has 0 heterocycles. The van der Waals surface area contributed by atoms with Gasteiger partial charge in [-0.15, -0.1) is 0 Å². The number of hydrogen-bond acceptors (Lipinski definition) is 4. The molecule has 3 aromatic carbocycles. The lowest BCUT2D eigenvalue weighted by Gasteiger charge is -2.05. The van der Waals surface area contributed by atoms with E-state index in [1.54, 1.807) is 12.1 Å². The fourth-order valence-electron chi connectivity index (χ4n) is 2.38. The molecule has 0 fully saturated rings. The van der Waals surface area contributed by atoms with E-state index in [1.165, 1.54) is 24.3 Å². The van der Waals surface area contributed by atoms with Crippen molar-refractivity contribution >= 4 is 27.8 Å². The van der Waals surface area contributed by atoms with Gasteiger partial charge in [-0.2, -0.15) is 0 Å². The minimum Gasteiger partial charge on any atom is -0.504 e. The smallest absolute Gasteiger partial charge is 0.220 e. The molecule has 0 amide bonds. The highest BCUT2D eigenvalue weighted by Crippen LogP contribution is 2.23. The molecule has 3 aromatic rings. The van der Waals surface area contributed by atoms with E-state index in [4.69, 9.17) is 4.74 Å². The monoisotopic (exact) mass is 422 g/mol. The van der Waals surface area contributed by atoms with E-state index in [9.17, 15) is 14.7 Å². The Morgan fingerprint density at radius 2 is 1.67 bits per heavy atom. The molecule has 0 aromatic heterocycles. The maximum atomic E-state index is 12.4. The molecule has 0 unspecified atom stereocenters. The molecule has 0 saturated carbocycles. The Morgan fingerprint density at radius 1 is 0.926 bits per heavy atom. The Morgan fingerprint density at radius 3 is 2.44 bits per heavy atom. The number of aromatic hydroxyl groups is 1. The van der Waals surface area contributed by atoms with Crippen molar-refractivity contribution in [1.82, 2.24) is 0 Å². The second-order valence-electron chi connectivity index (χ2n) is 5.67. The van der Waals surface area contributed by atoms with E-state index in [1.807, 2.05) is 48.5 Å². The Labute approximate surface area is 164 Å². The third-order valence-electron chi connectivity index (χ3n) is 3.69. The lowest BCUT2D eigenvalue weighted by Crippen LogP contribution is -2.01. The number of hydrogen-bond donors (Lipinski definition) is 1. The van der Waals surface area contributed by atoms with E-state index >= 15 is 0 Å². The summed E-state index contributed by atoms with van der Waals surface area (Å²) in [6.07, 6.45) is 2.91. The molecular weight excluding hydrogens is 408 g/mol. The summed E-state index contributed by atoms with van der Waals surface area (Å²) in [5, 5.41) is 9.95. The van der Waals surface area contributed by atoms with Crippen LogP contribution in [0.15, 0.2) is 88.1 Å². The van der Waals surface area contributed by atoms with Gasteiger partial charge in [-0.3, -0.25) is 9.59 Å². The molecule has 0 aliphatic rings. The number of benzene rings is 2. The van der Waals surface area contributed by atoms with Crippen LogP contribution in [0.5, 0.6) is 17.2 Å². The summed E-state index contributed by atoms with van der Waals surface area (Å²) in [5.41, 5.74) is 0.0681. The predicted octanol–water partition coefficient (Wildman–Crippen LogP) is 5.20. The summed E-state index contributed by atoms with van der Waals surface area (Å²) in [6, 6.07) is 20.7. The molecule has 1 N–H and O–H groups in total. The maximum Gasteiger partial charge on any atom is 0.220 e. The summed E-state index contributed by atoms with van der Waals surface area (Å²) >= 11 is 3.22. The van der Waals surface area contributed by atoms with Gasteiger partial charge in [0, 0.05) is 4.47 Å². The average molecular weight is 423 g/mol. The number of allylic oxidation sites excluding steroid dienone is 1. The summed E-state index contributed by atoms with van der Waals surface area (Å²) in [7, 11) is 0. The number of carbonyl (C=O) groups is 1. The minimum atomic E-state index is -0.615. The van der Waals surface area contributed by atoms with Gasteiger partial charge in [0.2, 0.25) is 5.43 Å². The number of rotatable bonds is 5. The topological polar surface area (TPSA) is 63.6 Å². The van der Waals surface area contributed by atoms with Gasteiger partial charge in [-0.1, -0.05) is 52.3 Å². The first-order valence-corrected chi connectivity index (χ1v) is 8.90. The SMILES string of the molecule is O=C(/C=C\c1cccc(Oc2ccccc2)c1)c1cc(Br)ccc(=O)c1O. The zero-order valence-electron chi connectivity index (χ0n) is 14.1. The molecule has 5 heteroatoms. The van der Waals surface area contributed by atoms with Crippen LogP contribution in [0.4, 0.5) is 0 Å². The predicted molar refractivity (Wildman–Crippen MR) is 108 cm³/mol. The Kier molecular flexibility index (Phi) is 5.84. The molecule has 0 spiro atoms. The van der Waals surface area contributed by atoms with Crippen LogP contribution in [0.1, 0.15) is 15.9 Å². The van der Waals surface area contributed by atoms with Crippen LogP contribution >= 0.6 is 15.9 Å². The van der Waals surface area contributed by atoms with Gasteiger partial charge in [0.1, 0.15) is 11.5 Å². The number of ketones is 1. The Hall–Kier alpha value is -3.18. The summed E-state index contributed by atoms with van der Waals surface area (Å²) in [5.74, 6) is 0.297. The lowest BCUT2D eigenvalue weighted by molar-refractivity contribution is 0.104. The zero-order valence-corrected chi connectivity index (χ0v) is 15.7. The van der Waals surface area contributed by atoms with Gasteiger partial charge in [0.25, 0.3) is 0 Å². The zero-order chi connectivity index (χ0) is 19.2. The first-order chi connectivity index (χ1) is 13.0. The van der Waals surface area contributed by atoms with Crippen LogP contribution in [-0.4, -0.2) is 10.9 Å². The van der Waals surface area contributed by atoms with Crippen molar-refractivity contribution in [2.24, 2.45) is 0 Å². The molecule has 134 valence electrons. The largest absolute Gasteiger partial charge is 0.504 e. The van der Waals surface area contributed by atoms with Crippen LogP contribution in [0, 0.1) is 0 Å². The average Bonchev–Trinajstić information content (AvgIpc) is 2.81. The normalized spacial score (nSPS) is 10.7. The number of para-hydroxylation sites is 1. The molecule has 0 radical (unpaired) electrons. The van der Waals surface area contributed by atoms with Crippen molar-refractivity contribution < 1.29 is 14.6 Å². The quantitative estimate of drug-likeness (QED) is 0.453. The highest BCUT2D eigenvalue weighted by molar-refractivity contribution is 9.10. The van der Waals surface area contributed by atoms with Gasteiger partial charge < -0.3 is 9.84 Å². The van der Waals surface area contributed by atoms with E-state index < -0.39 is 17.0 Å². The van der Waals surface area contributed by atoms with Crippen molar-refractivity contribution in [1.29, 1.82) is 0 Å². The summed E-state index contributed by atoms with van der Waals surface area (Å²) < 4.78 is 6.29. The molecule has 0 aliphatic carbocycles. The van der Waals surface area contributed by atoms with Crippen LogP contribution in [0.25, 0.3) is 6.08 Å². The summed E-state index contributed by atoms with van der Waals surface area (Å²) in [6.45, 7) is 0. The van der Waals surface area contributed by atoms with Crippen LogP contribution in [0.3, 0.4) is 0 Å². The number of carbonyl (C=O) groups excluding carboxylic acids is 1. The fraction of sp³-hybridized carbons (Fsp3) is 0. The van der Waals surface area contributed by atoms with E-state index in [0.29, 0.717) is 16.0 Å². The Bertz CT molecular complexity index is 1060. The van der Waals surface area contributed by atoms with E-state index in [2.05, 4.69) is 15.9 Å². The van der Waals surface area contributed by atoms with Crippen molar-refractivity contribution in [3.8, 4) is 17.2 Å². The second kappa shape index (κ2) is 8.47. The van der Waals surface area contributed by atoms with Crippen molar-refractivity contribution in [2.45, 2.75) is 0 Å². The minimum absolute atomic E-state index is 0.0650. The number of halogens is 1. The molecule has 0 bridgehead atoms. The molecule has 0 saturated heterocycles. The van der Waals surface area contributed by atoms with Gasteiger partial charge >= 0.3 is 0 Å². The van der Waals surface area contributed by atoms with Gasteiger partial charge in [-0.25, -0.2) is 0 Å². The van der Waals surface area contributed by atoms with Gasteiger partial charge in [0.05, 0.1) is 5.56 Å². The van der Waals surface area contributed by atoms with Crippen molar-refractivity contribution in [3.63, 3.8) is 0 Å². The first kappa shape index (κ1) is 18.6. The molecule has 27 heavy (non-hydrogen) atoms. The lowest BCUT2D eigenvalue weighted by atomic mass is 10.1. The highest BCUT2D eigenvalue weighted by Gasteiger charge is 2.11. The van der Waals surface area contributed by atoms with Crippen LogP contribution in [-0.2, 0) is 0 Å². The van der Waals surface area contributed by atoms with Crippen molar-refractivity contribution in [2.75, 3.05) is 0 Å². The highest BCUT2D eigenvalue weighted by atomic mass is 79.9. The van der Waals surface area contributed by atoms with E-state index in [-0.39, 0.29) is 5.56 Å². The summed E-state index contributed by atoms with van der Waals surface area (Å²) in [4.78, 5) is 24.1. The standard InChI is InChI=1S/C22H15BrO4/c23-16-10-12-21(25)22(26)19(14-16)20(24)11-9-15-5-4-8-18(13-15)27-17-6-2-1-3-7-17/h1-14H,(H,25,26)/b11-9-. The maximum absolute atomic E-state index is 12.4. The molecule has 4 nitrogen and oxygen atoms in total. The molecule has 0 aliphatic heterocycles. The van der Waals surface area contributed by atoms with E-state index in [0.717, 1.165) is 5.56 Å². The van der Waals surface area contributed by atoms with Gasteiger partial charge in [-0.05, 0) is 54.1 Å². The van der Waals surface area contributed by atoms with Crippen LogP contribution in [0.2, 0.25) is 0 Å². The first-order valence-electron chi connectivity index (χ1n) is 8.11. The molecule has 3 rings (SSSR count). The molecular formula is C22H15BrO4. The number of ether oxygens (including phenoxy) is 1. The molecule has 0 atom stereocenters. The van der Waals surface area contributed by atoms with Gasteiger partial charge in [0.15, 0.2) is 11.5 Å². The van der Waals surface area contributed by atoms with Crippen LogP contribution < -0.4 is 10.2 Å². The fourth-order valence-corrected chi connectivity index (χ4v) is 2.74. The van der Waals surface area contributed by atoms with Crippen molar-refractivity contribution in [3.05, 3.63) is 105 Å². The second-order valence-corrected chi connectivity index (χ2v) is 6.59.